The summed E-state index contributed by atoms with van der Waals surface area (Å²) in [5.41, 5.74) is 2.84. The van der Waals surface area contributed by atoms with Gasteiger partial charge in [-0.2, -0.15) is 0 Å². The van der Waals surface area contributed by atoms with Crippen LogP contribution < -0.4 is 10.2 Å². The van der Waals surface area contributed by atoms with E-state index >= 15 is 0 Å². The number of anilines is 2. The molecular weight excluding hydrogens is 326 g/mol. The van der Waals surface area contributed by atoms with Gasteiger partial charge in [0.05, 0.1) is 11.2 Å². The first-order chi connectivity index (χ1) is 12.7. The number of hydrogen-bond acceptors (Lipinski definition) is 3. The second-order valence-corrected chi connectivity index (χ2v) is 6.38. The molecule has 2 amide bonds. The molecule has 4 rings (SSSR count). The number of amides is 2. The van der Waals surface area contributed by atoms with Gasteiger partial charge < -0.3 is 10.2 Å². The zero-order valence-electron chi connectivity index (χ0n) is 14.3. The van der Waals surface area contributed by atoms with Gasteiger partial charge in [-0.05, 0) is 49.2 Å². The number of carbonyl (C=O) groups excluding carboxylic acids is 2. The molecule has 130 valence electrons. The molecule has 0 radical (unpaired) electrons. The molecule has 0 bridgehead atoms. The normalized spacial score (nSPS) is 14.5. The number of rotatable bonds is 3. The summed E-state index contributed by atoms with van der Waals surface area (Å²) in [5, 5.41) is 3.90. The number of benzene rings is 2. The fourth-order valence-corrected chi connectivity index (χ4v) is 3.27. The molecule has 1 aliphatic heterocycles. The smallest absolute Gasteiger partial charge is 0.255 e. The summed E-state index contributed by atoms with van der Waals surface area (Å²) in [6.07, 6.45) is 4.27. The molecule has 5 nitrogen and oxygen atoms in total. The maximum absolute atomic E-state index is 12.6. The van der Waals surface area contributed by atoms with Gasteiger partial charge in [0.25, 0.3) is 5.91 Å². The third-order valence-electron chi connectivity index (χ3n) is 4.65. The first-order valence-corrected chi connectivity index (χ1v) is 8.78. The number of nitrogens with one attached hydrogen (secondary N) is 1. The SMILES string of the molecule is O=C(Nc1cccc2cccnc12)c1ccc(N2CCCCC2=O)cc1. The Hall–Kier alpha value is -3.21. The number of hydrogen-bond donors (Lipinski definition) is 1. The summed E-state index contributed by atoms with van der Waals surface area (Å²) in [6.45, 7) is 0.742. The van der Waals surface area contributed by atoms with Crippen molar-refractivity contribution < 1.29 is 9.59 Å². The van der Waals surface area contributed by atoms with E-state index in [2.05, 4.69) is 10.3 Å². The van der Waals surface area contributed by atoms with Crippen LogP contribution in [0, 0.1) is 0 Å². The summed E-state index contributed by atoms with van der Waals surface area (Å²) in [4.78, 5) is 30.8. The molecule has 0 unspecified atom stereocenters. The molecule has 5 heteroatoms. The Labute approximate surface area is 151 Å². The van der Waals surface area contributed by atoms with E-state index in [4.69, 9.17) is 0 Å². The lowest BCUT2D eigenvalue weighted by atomic mass is 10.1. The Bertz CT molecular complexity index is 961. The summed E-state index contributed by atoms with van der Waals surface area (Å²) in [6, 6.07) is 16.7. The summed E-state index contributed by atoms with van der Waals surface area (Å²) < 4.78 is 0. The van der Waals surface area contributed by atoms with E-state index < -0.39 is 0 Å². The second kappa shape index (κ2) is 6.96. The molecule has 1 N–H and O–H groups in total. The number of carbonyl (C=O) groups is 2. The van der Waals surface area contributed by atoms with E-state index in [1.807, 2.05) is 42.5 Å². The Kier molecular flexibility index (Phi) is 4.35. The molecule has 0 spiro atoms. The number of pyridine rings is 1. The topological polar surface area (TPSA) is 62.3 Å². The van der Waals surface area contributed by atoms with Crippen molar-refractivity contribution in [3.05, 3.63) is 66.4 Å². The minimum absolute atomic E-state index is 0.148. The van der Waals surface area contributed by atoms with E-state index in [-0.39, 0.29) is 11.8 Å². The van der Waals surface area contributed by atoms with Gasteiger partial charge in [0.15, 0.2) is 0 Å². The summed E-state index contributed by atoms with van der Waals surface area (Å²) in [5.74, 6) is -0.0463. The van der Waals surface area contributed by atoms with Crippen LogP contribution in [0.4, 0.5) is 11.4 Å². The molecule has 1 fully saturated rings. The molecule has 0 saturated carbocycles. The zero-order valence-corrected chi connectivity index (χ0v) is 14.3. The third-order valence-corrected chi connectivity index (χ3v) is 4.65. The van der Waals surface area contributed by atoms with Crippen LogP contribution in [0.3, 0.4) is 0 Å². The number of nitrogens with zero attached hydrogens (tertiary/aromatic N) is 2. The molecule has 1 aliphatic rings. The highest BCUT2D eigenvalue weighted by molar-refractivity contribution is 6.08. The number of para-hydroxylation sites is 1. The van der Waals surface area contributed by atoms with E-state index in [1.54, 1.807) is 23.2 Å². The van der Waals surface area contributed by atoms with E-state index in [1.165, 1.54) is 0 Å². The largest absolute Gasteiger partial charge is 0.320 e. The van der Waals surface area contributed by atoms with Gasteiger partial charge in [0, 0.05) is 35.8 Å². The van der Waals surface area contributed by atoms with Gasteiger partial charge >= 0.3 is 0 Å². The van der Waals surface area contributed by atoms with Gasteiger partial charge in [-0.15, -0.1) is 0 Å². The predicted octanol–water partition coefficient (Wildman–Crippen LogP) is 4.00. The van der Waals surface area contributed by atoms with Gasteiger partial charge in [-0.3, -0.25) is 14.6 Å². The summed E-state index contributed by atoms with van der Waals surface area (Å²) in [7, 11) is 0. The molecule has 3 aromatic rings. The van der Waals surface area contributed by atoms with Crippen LogP contribution in [0.1, 0.15) is 29.6 Å². The molecule has 0 atom stereocenters. The second-order valence-electron chi connectivity index (χ2n) is 6.38. The van der Waals surface area contributed by atoms with Crippen LogP contribution in [-0.4, -0.2) is 23.3 Å². The first-order valence-electron chi connectivity index (χ1n) is 8.78. The van der Waals surface area contributed by atoms with Gasteiger partial charge in [0.1, 0.15) is 0 Å². The van der Waals surface area contributed by atoms with Crippen LogP contribution in [0.5, 0.6) is 0 Å². The molecule has 0 aliphatic carbocycles. The zero-order chi connectivity index (χ0) is 17.9. The lowest BCUT2D eigenvalue weighted by Gasteiger charge is -2.26. The van der Waals surface area contributed by atoms with E-state index in [0.29, 0.717) is 17.7 Å². The maximum Gasteiger partial charge on any atom is 0.255 e. The van der Waals surface area contributed by atoms with Crippen molar-refractivity contribution in [1.29, 1.82) is 0 Å². The van der Waals surface area contributed by atoms with Gasteiger partial charge in [-0.25, -0.2) is 0 Å². The van der Waals surface area contributed by atoms with Crippen LogP contribution in [-0.2, 0) is 4.79 Å². The van der Waals surface area contributed by atoms with Crippen molar-refractivity contribution in [3.63, 3.8) is 0 Å². The Balaban J connectivity index is 1.54. The van der Waals surface area contributed by atoms with Crippen molar-refractivity contribution in [3.8, 4) is 0 Å². The maximum atomic E-state index is 12.6. The molecule has 2 aromatic carbocycles. The minimum Gasteiger partial charge on any atom is -0.320 e. The van der Waals surface area contributed by atoms with Crippen LogP contribution in [0.2, 0.25) is 0 Å². The third kappa shape index (κ3) is 3.16. The van der Waals surface area contributed by atoms with Crippen molar-refractivity contribution in [1.82, 2.24) is 4.98 Å². The van der Waals surface area contributed by atoms with Crippen molar-refractivity contribution in [2.75, 3.05) is 16.8 Å². The lowest BCUT2D eigenvalue weighted by molar-refractivity contribution is -0.119. The van der Waals surface area contributed by atoms with Crippen LogP contribution >= 0.6 is 0 Å². The average Bonchev–Trinajstić information content (AvgIpc) is 2.69. The lowest BCUT2D eigenvalue weighted by Crippen LogP contribution is -2.35. The highest BCUT2D eigenvalue weighted by atomic mass is 16.2. The van der Waals surface area contributed by atoms with Crippen LogP contribution in [0.25, 0.3) is 10.9 Å². The first kappa shape index (κ1) is 16.3. The highest BCUT2D eigenvalue weighted by Gasteiger charge is 2.19. The van der Waals surface area contributed by atoms with Crippen molar-refractivity contribution in [2.24, 2.45) is 0 Å². The monoisotopic (exact) mass is 345 g/mol. The molecule has 1 aromatic heterocycles. The molecular formula is C21H19N3O2. The Morgan fingerprint density at radius 3 is 2.62 bits per heavy atom. The van der Waals surface area contributed by atoms with Gasteiger partial charge in [-0.1, -0.05) is 18.2 Å². The fourth-order valence-electron chi connectivity index (χ4n) is 3.27. The molecule has 26 heavy (non-hydrogen) atoms. The minimum atomic E-state index is -0.195. The quantitative estimate of drug-likeness (QED) is 0.780. The van der Waals surface area contributed by atoms with E-state index in [9.17, 15) is 9.59 Å². The summed E-state index contributed by atoms with van der Waals surface area (Å²) >= 11 is 0. The average molecular weight is 345 g/mol. The standard InChI is InChI=1S/C21H19N3O2/c25-19-8-1-2-14-24(19)17-11-9-16(10-12-17)21(26)23-18-7-3-5-15-6-4-13-22-20(15)18/h3-7,9-13H,1-2,8,14H2,(H,23,26). The van der Waals surface area contributed by atoms with Crippen molar-refractivity contribution >= 4 is 34.1 Å². The van der Waals surface area contributed by atoms with Crippen molar-refractivity contribution in [2.45, 2.75) is 19.3 Å². The molecule has 1 saturated heterocycles. The van der Waals surface area contributed by atoms with E-state index in [0.717, 1.165) is 36.0 Å². The van der Waals surface area contributed by atoms with Crippen LogP contribution in [0.15, 0.2) is 60.8 Å². The number of piperidine rings is 1. The fraction of sp³-hybridized carbons (Fsp3) is 0.190. The number of fused-ring (bicyclic) bond motifs is 1. The van der Waals surface area contributed by atoms with Gasteiger partial charge in [0.2, 0.25) is 5.91 Å². The number of aromatic nitrogens is 1. The molecule has 2 heterocycles. The highest BCUT2D eigenvalue weighted by Crippen LogP contribution is 2.23. The predicted molar refractivity (Wildman–Crippen MR) is 102 cm³/mol. The Morgan fingerprint density at radius 2 is 1.81 bits per heavy atom. The Morgan fingerprint density at radius 1 is 1.00 bits per heavy atom.